The van der Waals surface area contributed by atoms with Gasteiger partial charge in [0.2, 0.25) is 0 Å². The number of rotatable bonds is 7. The molecule has 9 nitrogen and oxygen atoms in total. The molecular formula is C30H34FN7O2. The van der Waals surface area contributed by atoms with Crippen LogP contribution in [0.2, 0.25) is 0 Å². The molecule has 6 heterocycles. The zero-order valence-corrected chi connectivity index (χ0v) is 22.8. The number of hydrogen-bond acceptors (Lipinski definition) is 9. The lowest BCUT2D eigenvalue weighted by Crippen LogP contribution is -2.44. The van der Waals surface area contributed by atoms with E-state index in [4.69, 9.17) is 14.5 Å². The number of ether oxygens (including phenoxy) is 2. The van der Waals surface area contributed by atoms with Crippen molar-refractivity contribution in [1.82, 2.24) is 30.2 Å². The highest BCUT2D eigenvalue weighted by molar-refractivity contribution is 6.00. The second kappa shape index (κ2) is 10.8. The number of aryl methyl sites for hydroxylation is 1. The molecule has 10 heteroatoms. The molecule has 0 spiro atoms. The molecule has 3 saturated heterocycles. The molecule has 4 aromatic rings. The highest BCUT2D eigenvalue weighted by Gasteiger charge is 2.35. The number of nitrogens with one attached hydrogen (secondary N) is 1. The minimum absolute atomic E-state index is 0.202. The van der Waals surface area contributed by atoms with Crippen molar-refractivity contribution in [1.29, 1.82) is 0 Å². The Kier molecular flexibility index (Phi) is 6.91. The summed E-state index contributed by atoms with van der Waals surface area (Å²) in [4.78, 5) is 23.0. The third-order valence-electron chi connectivity index (χ3n) is 8.42. The van der Waals surface area contributed by atoms with Crippen molar-refractivity contribution in [2.45, 2.75) is 38.3 Å². The van der Waals surface area contributed by atoms with Gasteiger partial charge in [0.25, 0.3) is 0 Å². The number of benzene rings is 1. The van der Waals surface area contributed by atoms with Gasteiger partial charge in [0, 0.05) is 81.5 Å². The van der Waals surface area contributed by atoms with Crippen LogP contribution in [0.3, 0.4) is 0 Å². The van der Waals surface area contributed by atoms with Crippen LogP contribution in [0.25, 0.3) is 32.9 Å². The van der Waals surface area contributed by atoms with E-state index >= 15 is 4.39 Å². The summed E-state index contributed by atoms with van der Waals surface area (Å²) in [7, 11) is 0. The molecule has 40 heavy (non-hydrogen) atoms. The Hall–Kier alpha value is -3.47. The third-order valence-corrected chi connectivity index (χ3v) is 8.42. The number of aromatic nitrogens is 4. The molecule has 0 saturated carbocycles. The summed E-state index contributed by atoms with van der Waals surface area (Å²) < 4.78 is 28.3. The molecule has 1 aromatic carbocycles. The first kappa shape index (κ1) is 25.5. The van der Waals surface area contributed by atoms with Gasteiger partial charge in [-0.15, -0.1) is 0 Å². The zero-order chi connectivity index (χ0) is 27.1. The van der Waals surface area contributed by atoms with Crippen LogP contribution in [0.4, 0.5) is 10.2 Å². The summed E-state index contributed by atoms with van der Waals surface area (Å²) in [5.74, 6) is 0.181. The first-order valence-corrected chi connectivity index (χ1v) is 14.3. The first-order valence-electron chi connectivity index (χ1n) is 14.3. The van der Waals surface area contributed by atoms with E-state index < -0.39 is 5.82 Å². The number of hydrogen-bond donors (Lipinski definition) is 1. The fourth-order valence-electron chi connectivity index (χ4n) is 6.43. The molecule has 2 bridgehead atoms. The number of fused-ring (bicyclic) bond motifs is 4. The number of pyridine rings is 2. The molecule has 1 N–H and O–H groups in total. The number of piperazine rings is 1. The van der Waals surface area contributed by atoms with E-state index in [1.807, 2.05) is 25.1 Å². The van der Waals surface area contributed by atoms with E-state index in [9.17, 15) is 0 Å². The van der Waals surface area contributed by atoms with E-state index in [0.717, 1.165) is 81.5 Å². The minimum atomic E-state index is -0.483. The van der Waals surface area contributed by atoms with E-state index in [1.54, 1.807) is 18.6 Å². The van der Waals surface area contributed by atoms with Crippen LogP contribution in [0, 0.1) is 12.7 Å². The fourth-order valence-corrected chi connectivity index (χ4v) is 6.43. The molecule has 2 atom stereocenters. The van der Waals surface area contributed by atoms with Crippen LogP contribution in [0.1, 0.15) is 24.8 Å². The summed E-state index contributed by atoms with van der Waals surface area (Å²) in [6.45, 7) is 8.47. The maximum Gasteiger partial charge on any atom is 0.319 e. The first-order chi connectivity index (χ1) is 19.7. The van der Waals surface area contributed by atoms with E-state index in [-0.39, 0.29) is 17.2 Å². The monoisotopic (exact) mass is 543 g/mol. The Labute approximate surface area is 232 Å². The van der Waals surface area contributed by atoms with Crippen LogP contribution < -0.4 is 15.0 Å². The number of halogens is 1. The second-order valence-corrected chi connectivity index (χ2v) is 11.0. The van der Waals surface area contributed by atoms with Gasteiger partial charge in [0.1, 0.15) is 17.0 Å². The van der Waals surface area contributed by atoms with Gasteiger partial charge >= 0.3 is 6.01 Å². The summed E-state index contributed by atoms with van der Waals surface area (Å²) in [5, 5.41) is 5.84. The van der Waals surface area contributed by atoms with Crippen LogP contribution >= 0.6 is 0 Å². The fraction of sp³-hybridized carbons (Fsp3) is 0.467. The molecule has 0 radical (unpaired) electrons. The van der Waals surface area contributed by atoms with Gasteiger partial charge in [-0.3, -0.25) is 14.9 Å². The lowest BCUT2D eigenvalue weighted by Gasteiger charge is -2.29. The highest BCUT2D eigenvalue weighted by atomic mass is 19.1. The van der Waals surface area contributed by atoms with Crippen molar-refractivity contribution < 1.29 is 13.9 Å². The average Bonchev–Trinajstić information content (AvgIpc) is 3.27. The van der Waals surface area contributed by atoms with E-state index in [0.29, 0.717) is 35.5 Å². The Morgan fingerprint density at radius 1 is 1.15 bits per heavy atom. The smallest absolute Gasteiger partial charge is 0.319 e. The summed E-state index contributed by atoms with van der Waals surface area (Å²) >= 11 is 0. The molecule has 3 fully saturated rings. The summed E-state index contributed by atoms with van der Waals surface area (Å²) in [6, 6.07) is 6.79. The predicted molar refractivity (Wildman–Crippen MR) is 152 cm³/mol. The van der Waals surface area contributed by atoms with Gasteiger partial charge in [-0.25, -0.2) is 4.39 Å². The summed E-state index contributed by atoms with van der Waals surface area (Å²) in [5.41, 5.74) is 2.15. The number of likely N-dealkylation sites (tertiary alicyclic amines) is 1. The molecule has 0 aliphatic carbocycles. The second-order valence-electron chi connectivity index (χ2n) is 11.0. The Morgan fingerprint density at radius 2 is 2.05 bits per heavy atom. The highest BCUT2D eigenvalue weighted by Crippen LogP contribution is 2.35. The molecule has 3 aliphatic heterocycles. The van der Waals surface area contributed by atoms with Crippen molar-refractivity contribution >= 4 is 27.5 Å². The predicted octanol–water partition coefficient (Wildman–Crippen LogP) is 3.73. The Bertz CT molecular complexity index is 1540. The van der Waals surface area contributed by atoms with Gasteiger partial charge in [-0.1, -0.05) is 18.2 Å². The normalized spacial score (nSPS) is 21.4. The van der Waals surface area contributed by atoms with Crippen molar-refractivity contribution in [3.05, 3.63) is 48.2 Å². The van der Waals surface area contributed by atoms with Gasteiger partial charge in [0.15, 0.2) is 5.82 Å². The number of anilines is 1. The van der Waals surface area contributed by atoms with Crippen molar-refractivity contribution in [2.24, 2.45) is 0 Å². The zero-order valence-electron chi connectivity index (χ0n) is 22.8. The molecule has 208 valence electrons. The lowest BCUT2D eigenvalue weighted by atomic mass is 10.00. The van der Waals surface area contributed by atoms with Gasteiger partial charge in [-0.05, 0) is 37.1 Å². The maximum atomic E-state index is 16.4. The van der Waals surface area contributed by atoms with Gasteiger partial charge in [0.05, 0.1) is 18.1 Å². The van der Waals surface area contributed by atoms with E-state index in [1.165, 1.54) is 0 Å². The van der Waals surface area contributed by atoms with Crippen LogP contribution in [0.15, 0.2) is 36.8 Å². The Balaban J connectivity index is 1.21. The lowest BCUT2D eigenvalue weighted by molar-refractivity contribution is 0.0419. The molecule has 7 rings (SSSR count). The minimum Gasteiger partial charge on any atom is -0.463 e. The Morgan fingerprint density at radius 3 is 2.92 bits per heavy atom. The SMILES string of the molecule is Cc1cccc2cncc(-c3ncc4c(N5CCNCC5)nc(OCCCN5C[C@@H]6C[C@H]5CCO6)nc4c3F)c12. The standard InChI is InChI=1S/C30H34FN7O2/c1-19-4-2-5-20-15-33-16-23(25(19)20)27-26(31)28-24(17-34-27)29(37-10-7-32-8-11-37)36-30(35-28)40-12-3-9-38-18-22-14-21(38)6-13-39-22/h2,4-5,15-17,21-22,32H,3,6-14,18H2,1H3/t21-,22+/m1/s1. The van der Waals surface area contributed by atoms with E-state index in [2.05, 4.69) is 30.1 Å². The molecule has 0 amide bonds. The van der Waals surface area contributed by atoms with Crippen molar-refractivity contribution in [3.8, 4) is 17.3 Å². The average molecular weight is 544 g/mol. The van der Waals surface area contributed by atoms with Crippen LogP contribution in [0.5, 0.6) is 6.01 Å². The largest absolute Gasteiger partial charge is 0.463 e. The third kappa shape index (κ3) is 4.74. The topological polar surface area (TPSA) is 88.5 Å². The van der Waals surface area contributed by atoms with Crippen LogP contribution in [-0.4, -0.2) is 89.5 Å². The van der Waals surface area contributed by atoms with Gasteiger partial charge < -0.3 is 19.7 Å². The maximum absolute atomic E-state index is 16.4. The molecular weight excluding hydrogens is 509 g/mol. The van der Waals surface area contributed by atoms with Gasteiger partial charge in [-0.2, -0.15) is 9.97 Å². The molecule has 3 aliphatic rings. The quantitative estimate of drug-likeness (QED) is 0.350. The summed E-state index contributed by atoms with van der Waals surface area (Å²) in [6.07, 6.45) is 8.61. The molecule has 3 aromatic heterocycles. The molecule has 0 unspecified atom stereocenters. The van der Waals surface area contributed by atoms with Crippen molar-refractivity contribution in [3.63, 3.8) is 0 Å². The number of nitrogens with zero attached hydrogens (tertiary/aromatic N) is 6. The van der Waals surface area contributed by atoms with Crippen molar-refractivity contribution in [2.75, 3.05) is 57.4 Å². The van der Waals surface area contributed by atoms with Crippen LogP contribution in [-0.2, 0) is 4.74 Å².